The summed E-state index contributed by atoms with van der Waals surface area (Å²) in [5.74, 6) is 0. The average molecular weight is 227 g/mol. The predicted octanol–water partition coefficient (Wildman–Crippen LogP) is 1.91. The van der Waals surface area contributed by atoms with Gasteiger partial charge in [-0.25, -0.2) is 4.79 Å². The van der Waals surface area contributed by atoms with E-state index in [0.717, 1.165) is 12.8 Å². The van der Waals surface area contributed by atoms with Crippen molar-refractivity contribution in [2.24, 2.45) is 0 Å². The summed E-state index contributed by atoms with van der Waals surface area (Å²) >= 11 is 0. The van der Waals surface area contributed by atoms with Crippen LogP contribution in [0.2, 0.25) is 0 Å². The Morgan fingerprint density at radius 3 is 2.38 bits per heavy atom. The highest BCUT2D eigenvalue weighted by atomic mass is 16.6. The maximum Gasteiger partial charge on any atom is 0.410 e. The Labute approximate surface area is 96.6 Å². The number of cyclic esters (lactones) is 1. The van der Waals surface area contributed by atoms with Gasteiger partial charge in [-0.15, -0.1) is 0 Å². The molecule has 2 fully saturated rings. The molecule has 1 saturated heterocycles. The molecule has 0 bridgehead atoms. The second kappa shape index (κ2) is 5.53. The van der Waals surface area contributed by atoms with Gasteiger partial charge in [-0.05, 0) is 12.8 Å². The second-order valence-corrected chi connectivity index (χ2v) is 4.84. The molecule has 1 heterocycles. The van der Waals surface area contributed by atoms with Crippen molar-refractivity contribution < 1.29 is 14.6 Å². The van der Waals surface area contributed by atoms with Gasteiger partial charge in [0.15, 0.2) is 0 Å². The number of aliphatic hydroxyl groups is 1. The minimum atomic E-state index is -0.307. The molecule has 1 N–H and O–H groups in total. The smallest absolute Gasteiger partial charge is 0.410 e. The Bertz CT molecular complexity index is 236. The van der Waals surface area contributed by atoms with E-state index in [4.69, 9.17) is 9.84 Å². The van der Waals surface area contributed by atoms with Crippen molar-refractivity contribution in [3.63, 3.8) is 0 Å². The summed E-state index contributed by atoms with van der Waals surface area (Å²) in [7, 11) is 0. The molecule has 92 valence electrons. The van der Waals surface area contributed by atoms with Gasteiger partial charge < -0.3 is 14.7 Å². The third-order valence-corrected chi connectivity index (χ3v) is 3.62. The number of carbonyl (C=O) groups is 1. The van der Waals surface area contributed by atoms with Crippen LogP contribution in [0.15, 0.2) is 0 Å². The SMILES string of the molecule is O=C1O[C@H](CO)CN1C1CCCCCCC1. The van der Waals surface area contributed by atoms with Crippen LogP contribution in [-0.4, -0.2) is 41.4 Å². The molecule has 1 amide bonds. The summed E-state index contributed by atoms with van der Waals surface area (Å²) in [5, 5.41) is 9.00. The van der Waals surface area contributed by atoms with Crippen molar-refractivity contribution >= 4 is 6.09 Å². The fraction of sp³-hybridized carbons (Fsp3) is 0.917. The number of amides is 1. The minimum Gasteiger partial charge on any atom is -0.442 e. The molecule has 0 aromatic rings. The summed E-state index contributed by atoms with van der Waals surface area (Å²) in [5.41, 5.74) is 0. The van der Waals surface area contributed by atoms with Gasteiger partial charge in [-0.2, -0.15) is 0 Å². The molecule has 0 unspecified atom stereocenters. The Morgan fingerprint density at radius 2 is 1.81 bits per heavy atom. The maximum atomic E-state index is 11.6. The molecule has 2 aliphatic rings. The monoisotopic (exact) mass is 227 g/mol. The summed E-state index contributed by atoms with van der Waals surface area (Å²) in [4.78, 5) is 13.5. The Morgan fingerprint density at radius 1 is 1.19 bits per heavy atom. The van der Waals surface area contributed by atoms with Gasteiger partial charge >= 0.3 is 6.09 Å². The van der Waals surface area contributed by atoms with E-state index in [2.05, 4.69) is 0 Å². The molecule has 1 saturated carbocycles. The van der Waals surface area contributed by atoms with Crippen molar-refractivity contribution in [2.75, 3.05) is 13.2 Å². The lowest BCUT2D eigenvalue weighted by molar-refractivity contribution is 0.0936. The normalized spacial score (nSPS) is 28.7. The number of carbonyl (C=O) groups excluding carboxylic acids is 1. The Balaban J connectivity index is 1.91. The van der Waals surface area contributed by atoms with Crippen molar-refractivity contribution in [3.05, 3.63) is 0 Å². The van der Waals surface area contributed by atoms with E-state index in [0.29, 0.717) is 12.6 Å². The van der Waals surface area contributed by atoms with Crippen LogP contribution in [-0.2, 0) is 4.74 Å². The molecule has 0 aromatic heterocycles. The first-order valence-corrected chi connectivity index (χ1v) is 6.39. The molecule has 2 rings (SSSR count). The van der Waals surface area contributed by atoms with Crippen molar-refractivity contribution in [2.45, 2.75) is 57.1 Å². The number of hydrogen-bond acceptors (Lipinski definition) is 3. The fourth-order valence-electron chi connectivity index (χ4n) is 2.68. The van der Waals surface area contributed by atoms with E-state index >= 15 is 0 Å². The summed E-state index contributed by atoms with van der Waals surface area (Å²) in [6, 6.07) is 0.337. The first-order valence-electron chi connectivity index (χ1n) is 6.39. The molecular formula is C12H21NO3. The zero-order chi connectivity index (χ0) is 11.4. The van der Waals surface area contributed by atoms with E-state index in [1.165, 1.54) is 32.1 Å². The van der Waals surface area contributed by atoms with E-state index in [9.17, 15) is 4.79 Å². The van der Waals surface area contributed by atoms with Crippen LogP contribution in [0.1, 0.15) is 44.9 Å². The zero-order valence-corrected chi connectivity index (χ0v) is 9.73. The van der Waals surface area contributed by atoms with E-state index in [1.807, 2.05) is 4.90 Å². The molecule has 0 spiro atoms. The first kappa shape index (κ1) is 11.7. The lowest BCUT2D eigenvalue weighted by atomic mass is 9.96. The van der Waals surface area contributed by atoms with E-state index in [1.54, 1.807) is 0 Å². The average Bonchev–Trinajstić information content (AvgIpc) is 2.60. The highest BCUT2D eigenvalue weighted by molar-refractivity contribution is 5.70. The van der Waals surface area contributed by atoms with Crippen LogP contribution < -0.4 is 0 Å². The molecule has 4 nitrogen and oxygen atoms in total. The molecule has 0 radical (unpaired) electrons. The topological polar surface area (TPSA) is 49.8 Å². The number of aliphatic hydroxyl groups excluding tert-OH is 1. The van der Waals surface area contributed by atoms with E-state index in [-0.39, 0.29) is 18.8 Å². The fourth-order valence-corrected chi connectivity index (χ4v) is 2.68. The molecule has 1 atom stereocenters. The highest BCUT2D eigenvalue weighted by Gasteiger charge is 2.35. The third kappa shape index (κ3) is 2.67. The van der Waals surface area contributed by atoms with Gasteiger partial charge in [0.2, 0.25) is 0 Å². The van der Waals surface area contributed by atoms with Crippen molar-refractivity contribution in [1.82, 2.24) is 4.90 Å². The molecule has 4 heteroatoms. The van der Waals surface area contributed by atoms with E-state index < -0.39 is 0 Å². The maximum absolute atomic E-state index is 11.6. The lowest BCUT2D eigenvalue weighted by Gasteiger charge is -2.27. The third-order valence-electron chi connectivity index (χ3n) is 3.62. The number of ether oxygens (including phenoxy) is 1. The van der Waals surface area contributed by atoms with Crippen LogP contribution in [0.4, 0.5) is 4.79 Å². The van der Waals surface area contributed by atoms with Gasteiger partial charge in [0, 0.05) is 6.04 Å². The van der Waals surface area contributed by atoms with Crippen molar-refractivity contribution in [1.29, 1.82) is 0 Å². The molecule has 1 aliphatic heterocycles. The quantitative estimate of drug-likeness (QED) is 0.784. The van der Waals surface area contributed by atoms with Gasteiger partial charge in [0.1, 0.15) is 6.10 Å². The van der Waals surface area contributed by atoms with Gasteiger partial charge in [-0.1, -0.05) is 32.1 Å². The van der Waals surface area contributed by atoms with Gasteiger partial charge in [-0.3, -0.25) is 0 Å². The van der Waals surface area contributed by atoms with Crippen LogP contribution in [0.5, 0.6) is 0 Å². The van der Waals surface area contributed by atoms with Crippen LogP contribution in [0.25, 0.3) is 0 Å². The minimum absolute atomic E-state index is 0.0606. The van der Waals surface area contributed by atoms with Gasteiger partial charge in [0.25, 0.3) is 0 Å². The number of nitrogens with zero attached hydrogens (tertiary/aromatic N) is 1. The summed E-state index contributed by atoms with van der Waals surface area (Å²) < 4.78 is 5.09. The molecular weight excluding hydrogens is 206 g/mol. The molecule has 0 aromatic carbocycles. The standard InChI is InChI=1S/C12H21NO3/c14-9-11-8-13(12(15)16-11)10-6-4-2-1-3-5-7-10/h10-11,14H,1-9H2/t11-/m0/s1. The summed E-state index contributed by atoms with van der Waals surface area (Å²) in [6.45, 7) is 0.509. The predicted molar refractivity (Wildman–Crippen MR) is 60.2 cm³/mol. The summed E-state index contributed by atoms with van der Waals surface area (Å²) in [6.07, 6.45) is 7.95. The molecule has 1 aliphatic carbocycles. The Kier molecular flexibility index (Phi) is 4.04. The highest BCUT2D eigenvalue weighted by Crippen LogP contribution is 2.25. The first-order chi connectivity index (χ1) is 7.81. The van der Waals surface area contributed by atoms with Crippen LogP contribution in [0.3, 0.4) is 0 Å². The van der Waals surface area contributed by atoms with Crippen molar-refractivity contribution in [3.8, 4) is 0 Å². The number of hydrogen-bond donors (Lipinski definition) is 1. The lowest BCUT2D eigenvalue weighted by Crippen LogP contribution is -2.37. The second-order valence-electron chi connectivity index (χ2n) is 4.84. The van der Waals surface area contributed by atoms with Crippen LogP contribution >= 0.6 is 0 Å². The largest absolute Gasteiger partial charge is 0.442 e. The Hall–Kier alpha value is -0.770. The van der Waals surface area contributed by atoms with Gasteiger partial charge in [0.05, 0.1) is 13.2 Å². The zero-order valence-electron chi connectivity index (χ0n) is 9.73. The van der Waals surface area contributed by atoms with Crippen LogP contribution in [0, 0.1) is 0 Å². The number of rotatable bonds is 2. The molecule has 16 heavy (non-hydrogen) atoms.